The normalized spacial score (nSPS) is 19.2. The summed E-state index contributed by atoms with van der Waals surface area (Å²) in [6.07, 6.45) is -1.03. The second kappa shape index (κ2) is 8.08. The smallest absolute Gasteiger partial charge is 0.395 e. The average molecular weight is 432 g/mol. The summed E-state index contributed by atoms with van der Waals surface area (Å²) < 4.78 is 41.4. The zero-order valence-electron chi connectivity index (χ0n) is 15.8. The molecule has 2 aromatic heterocycles. The van der Waals surface area contributed by atoms with Crippen LogP contribution in [0.4, 0.5) is 13.2 Å². The molecule has 0 radical (unpaired) electrons. The lowest BCUT2D eigenvalue weighted by Gasteiger charge is -2.28. The summed E-state index contributed by atoms with van der Waals surface area (Å²) in [5.74, 6) is 0. The molecule has 1 saturated heterocycles. The van der Waals surface area contributed by atoms with Gasteiger partial charge in [0.15, 0.2) is 5.11 Å². The standard InChI is InChI=1S/C21H19F3N4OS/c22-21(23,24)14-5-3-6-15(13-14)27-10-4-8-17(27)19-18(16-7-1-2-9-25-16)26-20(30)28(19)11-12-29/h1-10,13,18-19,29H,11-12H2,(H,26,30)/t18-,19+/m1/s1. The van der Waals surface area contributed by atoms with Crippen LogP contribution in [0, 0.1) is 0 Å². The number of benzene rings is 1. The number of hydrogen-bond donors (Lipinski definition) is 2. The van der Waals surface area contributed by atoms with Gasteiger partial charge in [-0.25, -0.2) is 0 Å². The van der Waals surface area contributed by atoms with E-state index in [4.69, 9.17) is 12.2 Å². The Morgan fingerprint density at radius 2 is 1.93 bits per heavy atom. The summed E-state index contributed by atoms with van der Waals surface area (Å²) in [6, 6.07) is 13.7. The third-order valence-corrected chi connectivity index (χ3v) is 5.43. The van der Waals surface area contributed by atoms with Crippen LogP contribution in [-0.2, 0) is 6.18 Å². The monoisotopic (exact) mass is 432 g/mol. The van der Waals surface area contributed by atoms with Crippen molar-refractivity contribution in [2.45, 2.75) is 18.3 Å². The molecule has 0 bridgehead atoms. The van der Waals surface area contributed by atoms with Crippen LogP contribution in [0.1, 0.15) is 29.0 Å². The van der Waals surface area contributed by atoms with Crippen LogP contribution in [-0.4, -0.2) is 37.8 Å². The number of aromatic nitrogens is 2. The highest BCUT2D eigenvalue weighted by atomic mass is 32.1. The largest absolute Gasteiger partial charge is 0.416 e. The van der Waals surface area contributed by atoms with Gasteiger partial charge in [0.05, 0.1) is 29.9 Å². The minimum absolute atomic E-state index is 0.114. The molecule has 0 spiro atoms. The van der Waals surface area contributed by atoms with E-state index in [1.165, 1.54) is 6.07 Å². The fourth-order valence-corrected chi connectivity index (χ4v) is 4.11. The maximum absolute atomic E-state index is 13.2. The van der Waals surface area contributed by atoms with Crippen LogP contribution >= 0.6 is 12.2 Å². The number of hydrogen-bond acceptors (Lipinski definition) is 3. The number of pyridine rings is 1. The Balaban J connectivity index is 1.80. The first-order valence-electron chi connectivity index (χ1n) is 9.34. The molecule has 3 heterocycles. The van der Waals surface area contributed by atoms with Crippen LogP contribution in [0.5, 0.6) is 0 Å². The van der Waals surface area contributed by atoms with Gasteiger partial charge < -0.3 is 19.9 Å². The maximum atomic E-state index is 13.2. The summed E-state index contributed by atoms with van der Waals surface area (Å²) in [5.41, 5.74) is 1.17. The molecule has 5 nitrogen and oxygen atoms in total. The van der Waals surface area contributed by atoms with Crippen molar-refractivity contribution in [3.05, 3.63) is 83.9 Å². The molecule has 1 aromatic carbocycles. The van der Waals surface area contributed by atoms with E-state index in [9.17, 15) is 18.3 Å². The fourth-order valence-electron chi connectivity index (χ4n) is 3.78. The van der Waals surface area contributed by atoms with Gasteiger partial charge in [0.25, 0.3) is 0 Å². The number of alkyl halides is 3. The third kappa shape index (κ3) is 3.78. The van der Waals surface area contributed by atoms with Gasteiger partial charge in [-0.1, -0.05) is 12.1 Å². The van der Waals surface area contributed by atoms with Crippen molar-refractivity contribution in [3.63, 3.8) is 0 Å². The lowest BCUT2D eigenvalue weighted by atomic mass is 10.0. The van der Waals surface area contributed by atoms with Crippen molar-refractivity contribution in [3.8, 4) is 5.69 Å². The minimum atomic E-state index is -4.43. The van der Waals surface area contributed by atoms with E-state index in [1.807, 2.05) is 29.2 Å². The molecule has 0 unspecified atom stereocenters. The van der Waals surface area contributed by atoms with E-state index in [0.717, 1.165) is 23.5 Å². The average Bonchev–Trinajstić information content (AvgIpc) is 3.33. The van der Waals surface area contributed by atoms with Crippen molar-refractivity contribution >= 4 is 17.3 Å². The van der Waals surface area contributed by atoms with E-state index < -0.39 is 11.7 Å². The molecule has 2 atom stereocenters. The van der Waals surface area contributed by atoms with Crippen LogP contribution in [0.15, 0.2) is 67.0 Å². The molecule has 1 fully saturated rings. The van der Waals surface area contributed by atoms with Crippen molar-refractivity contribution in [2.75, 3.05) is 13.2 Å². The Bertz CT molecular complexity index is 1040. The van der Waals surface area contributed by atoms with Crippen molar-refractivity contribution < 1.29 is 18.3 Å². The van der Waals surface area contributed by atoms with E-state index in [0.29, 0.717) is 10.8 Å². The molecule has 156 valence electrons. The zero-order valence-corrected chi connectivity index (χ0v) is 16.6. The van der Waals surface area contributed by atoms with E-state index in [1.54, 1.807) is 29.1 Å². The highest BCUT2D eigenvalue weighted by Gasteiger charge is 2.41. The van der Waals surface area contributed by atoms with Gasteiger partial charge in [-0.15, -0.1) is 0 Å². The summed E-state index contributed by atoms with van der Waals surface area (Å²) >= 11 is 5.48. The number of aliphatic hydroxyl groups excluding tert-OH is 1. The Kier molecular flexibility index (Phi) is 5.48. The van der Waals surface area contributed by atoms with Gasteiger partial charge in [0.1, 0.15) is 0 Å². The molecular weight excluding hydrogens is 413 g/mol. The number of rotatable bonds is 5. The predicted molar refractivity (Wildman–Crippen MR) is 110 cm³/mol. The lowest BCUT2D eigenvalue weighted by molar-refractivity contribution is -0.137. The Morgan fingerprint density at radius 3 is 2.63 bits per heavy atom. The van der Waals surface area contributed by atoms with Crippen molar-refractivity contribution in [2.24, 2.45) is 0 Å². The van der Waals surface area contributed by atoms with Gasteiger partial charge in [0, 0.05) is 30.3 Å². The van der Waals surface area contributed by atoms with Crippen LogP contribution in [0.25, 0.3) is 5.69 Å². The number of aliphatic hydroxyl groups is 1. The SMILES string of the molecule is OCCN1C(=S)N[C@H](c2ccccn2)[C@@H]1c1cccn1-c1cccc(C(F)(F)F)c1. The number of nitrogens with zero attached hydrogens (tertiary/aromatic N) is 3. The number of thiocarbonyl (C=S) groups is 1. The second-order valence-electron chi connectivity index (χ2n) is 6.89. The topological polar surface area (TPSA) is 53.3 Å². The highest BCUT2D eigenvalue weighted by molar-refractivity contribution is 7.80. The highest BCUT2D eigenvalue weighted by Crippen LogP contribution is 2.39. The van der Waals surface area contributed by atoms with Gasteiger partial charge >= 0.3 is 6.18 Å². The van der Waals surface area contributed by atoms with Gasteiger partial charge in [-0.3, -0.25) is 4.98 Å². The molecule has 0 saturated carbocycles. The number of β-amino-alcohol motifs (C(OH)–C–C–N with tert-alkyl or cyclic N) is 1. The Hall–Kier alpha value is -2.91. The molecule has 1 aliphatic rings. The molecule has 3 aromatic rings. The van der Waals surface area contributed by atoms with Crippen LogP contribution in [0.3, 0.4) is 0 Å². The quantitative estimate of drug-likeness (QED) is 0.600. The summed E-state index contributed by atoms with van der Waals surface area (Å²) in [4.78, 5) is 6.27. The second-order valence-corrected chi connectivity index (χ2v) is 7.28. The van der Waals surface area contributed by atoms with Gasteiger partial charge in [-0.05, 0) is 54.7 Å². The molecule has 0 amide bonds. The summed E-state index contributed by atoms with van der Waals surface area (Å²) in [6.45, 7) is 0.172. The summed E-state index contributed by atoms with van der Waals surface area (Å²) in [5, 5.41) is 13.3. The molecule has 0 aliphatic carbocycles. The van der Waals surface area contributed by atoms with E-state index >= 15 is 0 Å². The van der Waals surface area contributed by atoms with E-state index in [2.05, 4.69) is 10.3 Å². The van der Waals surface area contributed by atoms with Crippen molar-refractivity contribution in [1.29, 1.82) is 0 Å². The minimum Gasteiger partial charge on any atom is -0.395 e. The lowest BCUT2D eigenvalue weighted by Crippen LogP contribution is -2.32. The number of nitrogens with one attached hydrogen (secondary N) is 1. The van der Waals surface area contributed by atoms with E-state index in [-0.39, 0.29) is 25.2 Å². The molecule has 9 heteroatoms. The molecule has 2 N–H and O–H groups in total. The molecule has 1 aliphatic heterocycles. The predicted octanol–water partition coefficient (Wildman–Crippen LogP) is 3.86. The zero-order chi connectivity index (χ0) is 21.3. The van der Waals surface area contributed by atoms with Crippen molar-refractivity contribution in [1.82, 2.24) is 19.8 Å². The van der Waals surface area contributed by atoms with Gasteiger partial charge in [0.2, 0.25) is 0 Å². The van der Waals surface area contributed by atoms with Gasteiger partial charge in [-0.2, -0.15) is 13.2 Å². The van der Waals surface area contributed by atoms with Crippen LogP contribution in [0.2, 0.25) is 0 Å². The Labute approximate surface area is 176 Å². The molecule has 4 rings (SSSR count). The van der Waals surface area contributed by atoms with Crippen LogP contribution < -0.4 is 5.32 Å². The first-order chi connectivity index (χ1) is 14.4. The third-order valence-electron chi connectivity index (χ3n) is 5.07. The first kappa shape index (κ1) is 20.4. The fraction of sp³-hybridized carbons (Fsp3) is 0.238. The first-order valence-corrected chi connectivity index (χ1v) is 9.75. The molecular formula is C21H19F3N4OS. The maximum Gasteiger partial charge on any atom is 0.416 e. The number of halogens is 3. The molecule has 30 heavy (non-hydrogen) atoms. The Morgan fingerprint density at radius 1 is 1.10 bits per heavy atom. The summed E-state index contributed by atoms with van der Waals surface area (Å²) in [7, 11) is 0.